The second-order valence-corrected chi connectivity index (χ2v) is 159. The van der Waals surface area contributed by atoms with E-state index in [0.29, 0.717) is 0 Å². The molecule has 0 aromatic heterocycles. The van der Waals surface area contributed by atoms with Crippen molar-refractivity contribution in [3.05, 3.63) is 196 Å². The molecule has 0 radical (unpaired) electrons. The maximum absolute atomic E-state index is 3.31. The fourth-order valence-electron chi connectivity index (χ4n) is 16.0. The van der Waals surface area contributed by atoms with Gasteiger partial charge < -0.3 is 0 Å². The molecule has 0 atom stereocenters. The molecule has 5 heterocycles. The van der Waals surface area contributed by atoms with Gasteiger partial charge in [-0.3, -0.25) is 0 Å². The smallest absolute Gasteiger partial charge is 0.0791 e. The minimum absolute atomic E-state index is 1.32. The van der Waals surface area contributed by atoms with Gasteiger partial charge >= 0.3 is 0 Å². The summed E-state index contributed by atoms with van der Waals surface area (Å²) in [5.41, 5.74) is 21.7. The van der Waals surface area contributed by atoms with Crippen LogP contribution in [0.2, 0.25) is 210 Å². The molecular formula is C76H124Si16. The molecule has 0 spiro atoms. The Balaban J connectivity index is 1.68. The van der Waals surface area contributed by atoms with Gasteiger partial charge in [0.05, 0.1) is 121 Å². The topological polar surface area (TPSA) is 0 Å². The maximum atomic E-state index is 3.31. The van der Waals surface area contributed by atoms with Crippen LogP contribution in [0.1, 0.15) is 11.1 Å². The first kappa shape index (κ1) is 74.0. The molecule has 4 aromatic rings. The van der Waals surface area contributed by atoms with Crippen molar-refractivity contribution in [1.29, 1.82) is 0 Å². The van der Waals surface area contributed by atoms with Crippen LogP contribution in [0.25, 0.3) is 24.3 Å². The highest BCUT2D eigenvalue weighted by molar-refractivity contribution is 7.59. The van der Waals surface area contributed by atoms with Crippen molar-refractivity contribution in [3.8, 4) is 0 Å². The number of hydrogen-bond acceptors (Lipinski definition) is 0. The summed E-state index contributed by atoms with van der Waals surface area (Å²) in [6, 6.07) is 30.9. The Morgan fingerprint density at radius 2 is 0.457 bits per heavy atom. The summed E-state index contributed by atoms with van der Waals surface area (Å²) >= 11 is 0. The van der Waals surface area contributed by atoms with Crippen molar-refractivity contribution < 1.29 is 0 Å². The van der Waals surface area contributed by atoms with Crippen molar-refractivity contribution in [2.75, 3.05) is 0 Å². The van der Waals surface area contributed by atoms with Crippen molar-refractivity contribution in [1.82, 2.24) is 0 Å². The van der Waals surface area contributed by atoms with Gasteiger partial charge in [-0.1, -0.05) is 417 Å². The van der Waals surface area contributed by atoms with E-state index in [-0.39, 0.29) is 0 Å². The van der Waals surface area contributed by atoms with E-state index in [0.717, 1.165) is 0 Å². The SMILES string of the molecule is C[Si]1(C)C=C2C3=C[Si](C)(C)[Si](C)(C)c4cc5c(cc4C=c4cccc/c4=C/C=C/C=C/[Si]1(C)C)[Si](C)(C)[Si](C)(C)c1cc4c(cc1[Si](C)(C)[Si]5(C)C)[Si](C)(C)[Si](C)(C)/C=C(/C(=C\[Si](C)(C)[Si](C)(C)C=C/C=C/C=c1/ccccc1=C4)[Si](C)(C)[Si]2(C)C)[Si](C)(C)[Si]3(C)C. The lowest BCUT2D eigenvalue weighted by molar-refractivity contribution is 1.51. The molecule has 0 N–H and O–H groups in total. The standard InChI is InChI=1S/C76H124Si16/c1-77(2)49-41-33-35-43-61-45-37-39-47-63(61)51-65-53-69-71-55-67(65)83(13,14)81(9,10)59-75-73(57-79(77,5)6)89(25,26)90(27,28)74-58-80(7,8)78(3,4)50-42-34-36-44-62-46-38-40-48-64(62)52-66-54-70(86(19,20)85(69,17)18)72(88(23,24)87(71,21)22)56-68(66)84(15,16)82(11,12)60-76(74)92(31,32)91(75,29)30/h33-60H,1-32H3/b35-33+,36-34+,49-41+,50-42?,61-43-,62-44-,63-51?,64-52?,73-57?,74-58+,75-59?,76-60-. The number of allylic oxidation sites excluding steroid dienone is 10. The first-order valence-electron chi connectivity index (χ1n) is 35.2. The van der Waals surface area contributed by atoms with E-state index >= 15 is 0 Å². The summed E-state index contributed by atoms with van der Waals surface area (Å²) in [4.78, 5) is 0. The summed E-state index contributed by atoms with van der Waals surface area (Å²) in [6.07, 6.45) is 24.8. The number of benzene rings is 4. The molecule has 6 bridgehead atoms. The van der Waals surface area contributed by atoms with Crippen LogP contribution in [0.4, 0.5) is 0 Å². The second-order valence-electron chi connectivity index (χ2n) is 38.2. The van der Waals surface area contributed by atoms with Crippen LogP contribution in [-0.2, 0) is 0 Å². The lowest BCUT2D eigenvalue weighted by Gasteiger charge is -2.57. The van der Waals surface area contributed by atoms with Crippen molar-refractivity contribution in [2.45, 2.75) is 210 Å². The van der Waals surface area contributed by atoms with E-state index < -0.39 is 121 Å². The lowest BCUT2D eigenvalue weighted by atomic mass is 10.1. The van der Waals surface area contributed by atoms with E-state index in [4.69, 9.17) is 0 Å². The van der Waals surface area contributed by atoms with Gasteiger partial charge in [-0.25, -0.2) is 0 Å². The van der Waals surface area contributed by atoms with Gasteiger partial charge in [0.15, 0.2) is 0 Å². The predicted molar refractivity (Wildman–Crippen MR) is 467 cm³/mol. The fraction of sp³-hybridized carbons (Fsp3) is 0.421. The van der Waals surface area contributed by atoms with E-state index in [1.165, 1.54) is 20.9 Å². The van der Waals surface area contributed by atoms with Gasteiger partial charge in [0.1, 0.15) is 0 Å². The van der Waals surface area contributed by atoms with Gasteiger partial charge in [-0.2, -0.15) is 0 Å². The Hall–Kier alpha value is -2.25. The van der Waals surface area contributed by atoms with Gasteiger partial charge in [-0.15, -0.1) is 0 Å². The Labute approximate surface area is 577 Å². The van der Waals surface area contributed by atoms with Gasteiger partial charge in [0.2, 0.25) is 0 Å². The zero-order chi connectivity index (χ0) is 69.0. The molecule has 92 heavy (non-hydrogen) atoms. The molecule has 492 valence electrons. The normalized spacial score (nSPS) is 28.4. The minimum Gasteiger partial charge on any atom is -0.0978 e. The first-order chi connectivity index (χ1) is 41.7. The summed E-state index contributed by atoms with van der Waals surface area (Å²) in [5, 5.41) is 24.1. The Morgan fingerprint density at radius 3 is 0.739 bits per heavy atom. The summed E-state index contributed by atoms with van der Waals surface area (Å²) < 4.78 is 0. The minimum atomic E-state index is -2.44. The molecule has 1 saturated heterocycles. The molecule has 9 rings (SSSR count). The van der Waals surface area contributed by atoms with Crippen LogP contribution < -0.4 is 52.0 Å². The highest BCUT2D eigenvalue weighted by Crippen LogP contribution is 2.52. The van der Waals surface area contributed by atoms with E-state index in [1.807, 2.05) is 41.5 Å². The van der Waals surface area contributed by atoms with Crippen LogP contribution >= 0.6 is 0 Å². The van der Waals surface area contributed by atoms with Gasteiger partial charge in [0.25, 0.3) is 0 Å². The third-order valence-corrected chi connectivity index (χ3v) is 168. The van der Waals surface area contributed by atoms with Crippen LogP contribution in [0.5, 0.6) is 0 Å². The molecule has 5 aliphatic heterocycles. The Kier molecular flexibility index (Phi) is 19.1. The molecule has 0 aliphatic carbocycles. The quantitative estimate of drug-likeness (QED) is 0.154. The average molecular weight is 1490 g/mol. The van der Waals surface area contributed by atoms with Gasteiger partial charge in [0, 0.05) is 0 Å². The van der Waals surface area contributed by atoms with Crippen LogP contribution in [0, 0.1) is 0 Å². The highest BCUT2D eigenvalue weighted by atomic mass is 29.3. The molecule has 0 nitrogen and oxygen atoms in total. The van der Waals surface area contributed by atoms with E-state index in [1.54, 1.807) is 21.5 Å². The third-order valence-electron chi connectivity index (χ3n) is 29.1. The highest BCUT2D eigenvalue weighted by Gasteiger charge is 2.62. The second kappa shape index (κ2) is 23.7. The number of fused-ring (bicyclic) bond motifs is 8. The van der Waals surface area contributed by atoms with Crippen molar-refractivity contribution in [2.24, 2.45) is 0 Å². The molecular weight excluding hydrogens is 1360 g/mol. The lowest BCUT2D eigenvalue weighted by Crippen LogP contribution is -2.85. The molecule has 16 heteroatoms. The summed E-state index contributed by atoms with van der Waals surface area (Å²) in [6.45, 7) is 92.8. The maximum Gasteiger partial charge on any atom is 0.0791 e. The molecule has 0 unspecified atom stereocenters. The van der Waals surface area contributed by atoms with Crippen LogP contribution in [0.3, 0.4) is 0 Å². The fourth-order valence-corrected chi connectivity index (χ4v) is 101. The molecule has 5 aliphatic rings. The van der Waals surface area contributed by atoms with Gasteiger partial charge in [-0.05, 0) is 44.2 Å². The largest absolute Gasteiger partial charge is 0.0978 e. The summed E-state index contributed by atoms with van der Waals surface area (Å²) in [5.74, 6) is 0. The van der Waals surface area contributed by atoms with E-state index in [2.05, 4.69) is 377 Å². The molecule has 4 aromatic carbocycles. The first-order valence-corrected chi connectivity index (χ1v) is 91.7. The van der Waals surface area contributed by atoms with Crippen molar-refractivity contribution >= 4 is 177 Å². The predicted octanol–water partition coefficient (Wildman–Crippen LogP) is 15.2. The molecule has 1 fully saturated rings. The number of hydrogen-bond donors (Lipinski definition) is 0. The zero-order valence-corrected chi connectivity index (χ0v) is 80.2. The monoisotopic (exact) mass is 1480 g/mol. The third kappa shape index (κ3) is 11.7. The molecule has 0 amide bonds. The zero-order valence-electron chi connectivity index (χ0n) is 64.2. The Morgan fingerprint density at radius 1 is 0.207 bits per heavy atom. The number of rotatable bonds is 0. The average Bonchev–Trinajstić information content (AvgIpc) is 0.696. The van der Waals surface area contributed by atoms with Crippen LogP contribution in [0.15, 0.2) is 164 Å². The Bertz CT molecular complexity index is 3960. The van der Waals surface area contributed by atoms with E-state index in [9.17, 15) is 0 Å². The summed E-state index contributed by atoms with van der Waals surface area (Å²) in [7, 11) is -36.5. The van der Waals surface area contributed by atoms with Crippen LogP contribution in [-0.4, -0.2) is 121 Å². The van der Waals surface area contributed by atoms with Crippen molar-refractivity contribution in [3.63, 3.8) is 0 Å². The molecule has 0 saturated carbocycles.